The first-order chi connectivity index (χ1) is 9.20. The third kappa shape index (κ3) is 2.31. The van der Waals surface area contributed by atoms with Crippen LogP contribution in [0.5, 0.6) is 0 Å². The van der Waals surface area contributed by atoms with E-state index in [9.17, 15) is 4.79 Å². The fraction of sp³-hybridized carbons (Fsp3) is 0.600. The second-order valence-corrected chi connectivity index (χ2v) is 5.85. The number of anilines is 2. The largest absolute Gasteiger partial charge is 0.367 e. The van der Waals surface area contributed by atoms with Crippen LogP contribution in [-0.2, 0) is 4.79 Å². The molecule has 0 radical (unpaired) electrons. The van der Waals surface area contributed by atoms with Gasteiger partial charge in [-0.2, -0.15) is 0 Å². The van der Waals surface area contributed by atoms with Crippen molar-refractivity contribution in [3.8, 4) is 0 Å². The lowest BCUT2D eigenvalue weighted by molar-refractivity contribution is -0.125. The molecule has 0 unspecified atom stereocenters. The molecule has 1 aliphatic heterocycles. The predicted octanol–water partition coefficient (Wildman–Crippen LogP) is 3.09. The van der Waals surface area contributed by atoms with Gasteiger partial charge in [0.15, 0.2) is 0 Å². The standard InChI is InChI=1S/C15H21N3O/c1-11-6-7-12-13(17-11)16-10-15(14(19)18-12)8-4-2-3-5-9-15/h6-7H,2-5,8-10H2,1H3,(H,16,17)(H,18,19). The van der Waals surface area contributed by atoms with Crippen molar-refractivity contribution in [2.75, 3.05) is 17.2 Å². The summed E-state index contributed by atoms with van der Waals surface area (Å²) >= 11 is 0. The lowest BCUT2D eigenvalue weighted by Gasteiger charge is -2.29. The highest BCUT2D eigenvalue weighted by atomic mass is 16.2. The maximum absolute atomic E-state index is 12.6. The van der Waals surface area contributed by atoms with E-state index in [4.69, 9.17) is 0 Å². The fourth-order valence-electron chi connectivity index (χ4n) is 3.19. The van der Waals surface area contributed by atoms with Gasteiger partial charge in [-0.25, -0.2) is 4.98 Å². The number of aromatic nitrogens is 1. The summed E-state index contributed by atoms with van der Waals surface area (Å²) in [5.74, 6) is 0.987. The quantitative estimate of drug-likeness (QED) is 0.752. The second kappa shape index (κ2) is 4.83. The maximum atomic E-state index is 12.6. The zero-order valence-corrected chi connectivity index (χ0v) is 11.5. The van der Waals surface area contributed by atoms with Crippen LogP contribution in [0.1, 0.15) is 44.2 Å². The van der Waals surface area contributed by atoms with Crippen LogP contribution in [0.25, 0.3) is 0 Å². The van der Waals surface area contributed by atoms with Crippen LogP contribution >= 0.6 is 0 Å². The highest BCUT2D eigenvalue weighted by Crippen LogP contribution is 2.39. The average molecular weight is 259 g/mol. The number of carbonyl (C=O) groups excluding carboxylic acids is 1. The Morgan fingerprint density at radius 1 is 1.16 bits per heavy atom. The lowest BCUT2D eigenvalue weighted by atomic mass is 9.79. The van der Waals surface area contributed by atoms with Gasteiger partial charge in [-0.15, -0.1) is 0 Å². The van der Waals surface area contributed by atoms with E-state index in [1.807, 2.05) is 19.1 Å². The number of rotatable bonds is 0. The van der Waals surface area contributed by atoms with Gasteiger partial charge in [0.05, 0.1) is 11.1 Å². The summed E-state index contributed by atoms with van der Waals surface area (Å²) < 4.78 is 0. The zero-order valence-electron chi connectivity index (χ0n) is 11.5. The van der Waals surface area contributed by atoms with E-state index in [1.54, 1.807) is 0 Å². The van der Waals surface area contributed by atoms with Gasteiger partial charge in [-0.05, 0) is 31.9 Å². The van der Waals surface area contributed by atoms with Gasteiger partial charge in [-0.1, -0.05) is 25.7 Å². The van der Waals surface area contributed by atoms with Crippen molar-refractivity contribution in [3.63, 3.8) is 0 Å². The molecule has 19 heavy (non-hydrogen) atoms. The summed E-state index contributed by atoms with van der Waals surface area (Å²) in [6.07, 6.45) is 6.77. The Balaban J connectivity index is 1.90. The number of nitrogens with zero attached hydrogens (tertiary/aromatic N) is 1. The molecule has 1 fully saturated rings. The number of pyridine rings is 1. The van der Waals surface area contributed by atoms with E-state index in [-0.39, 0.29) is 11.3 Å². The van der Waals surface area contributed by atoms with Crippen molar-refractivity contribution in [1.29, 1.82) is 0 Å². The topological polar surface area (TPSA) is 54.0 Å². The second-order valence-electron chi connectivity index (χ2n) is 5.85. The molecular weight excluding hydrogens is 238 g/mol. The van der Waals surface area contributed by atoms with Crippen LogP contribution < -0.4 is 10.6 Å². The highest BCUT2D eigenvalue weighted by molar-refractivity contribution is 5.99. The molecule has 1 saturated carbocycles. The Morgan fingerprint density at radius 3 is 2.63 bits per heavy atom. The molecule has 3 rings (SSSR count). The van der Waals surface area contributed by atoms with Gasteiger partial charge in [0.25, 0.3) is 0 Å². The number of nitrogens with one attached hydrogen (secondary N) is 2. The Hall–Kier alpha value is -1.58. The Kier molecular flexibility index (Phi) is 3.17. The summed E-state index contributed by atoms with van der Waals surface area (Å²) in [4.78, 5) is 17.1. The van der Waals surface area contributed by atoms with Gasteiger partial charge in [0.2, 0.25) is 5.91 Å². The Bertz CT molecular complexity index is 490. The van der Waals surface area contributed by atoms with Crippen LogP contribution in [0.4, 0.5) is 11.5 Å². The monoisotopic (exact) mass is 259 g/mol. The molecule has 1 aliphatic carbocycles. The van der Waals surface area contributed by atoms with Gasteiger partial charge in [0, 0.05) is 12.2 Å². The number of aryl methyl sites for hydroxylation is 1. The molecule has 2 heterocycles. The van der Waals surface area contributed by atoms with Crippen LogP contribution in [0.2, 0.25) is 0 Å². The molecule has 0 bridgehead atoms. The van der Waals surface area contributed by atoms with E-state index in [0.717, 1.165) is 42.9 Å². The molecule has 0 atom stereocenters. The summed E-state index contributed by atoms with van der Waals surface area (Å²) in [6.45, 7) is 2.68. The van der Waals surface area contributed by atoms with Crippen molar-refractivity contribution in [3.05, 3.63) is 17.8 Å². The molecule has 0 aromatic carbocycles. The van der Waals surface area contributed by atoms with E-state index in [0.29, 0.717) is 6.54 Å². The fourth-order valence-corrected chi connectivity index (χ4v) is 3.19. The third-order valence-corrected chi connectivity index (χ3v) is 4.42. The van der Waals surface area contributed by atoms with Crippen LogP contribution in [-0.4, -0.2) is 17.4 Å². The molecule has 4 heteroatoms. The minimum atomic E-state index is -0.245. The summed E-state index contributed by atoms with van der Waals surface area (Å²) in [5.41, 5.74) is 1.54. The van der Waals surface area contributed by atoms with Crippen LogP contribution in [0.3, 0.4) is 0 Å². The van der Waals surface area contributed by atoms with Gasteiger partial charge >= 0.3 is 0 Å². The normalized spacial score (nSPS) is 21.8. The smallest absolute Gasteiger partial charge is 0.232 e. The zero-order chi connectivity index (χ0) is 13.3. The number of fused-ring (bicyclic) bond motifs is 1. The molecule has 1 aromatic heterocycles. The van der Waals surface area contributed by atoms with E-state index in [1.165, 1.54) is 12.8 Å². The molecule has 102 valence electrons. The summed E-state index contributed by atoms with van der Waals surface area (Å²) in [6, 6.07) is 3.88. The maximum Gasteiger partial charge on any atom is 0.232 e. The van der Waals surface area contributed by atoms with Gasteiger partial charge in [0.1, 0.15) is 5.82 Å². The van der Waals surface area contributed by atoms with Crippen LogP contribution in [0, 0.1) is 12.3 Å². The van der Waals surface area contributed by atoms with E-state index in [2.05, 4.69) is 15.6 Å². The predicted molar refractivity (Wildman–Crippen MR) is 76.2 cm³/mol. The molecule has 2 aliphatic rings. The molecule has 4 nitrogen and oxygen atoms in total. The minimum Gasteiger partial charge on any atom is -0.367 e. The molecule has 1 amide bonds. The third-order valence-electron chi connectivity index (χ3n) is 4.42. The Morgan fingerprint density at radius 2 is 1.89 bits per heavy atom. The van der Waals surface area contributed by atoms with Crippen molar-refractivity contribution >= 4 is 17.4 Å². The van der Waals surface area contributed by atoms with E-state index >= 15 is 0 Å². The van der Waals surface area contributed by atoms with Gasteiger partial charge in [-0.3, -0.25) is 4.79 Å². The lowest BCUT2D eigenvalue weighted by Crippen LogP contribution is -2.39. The first-order valence-corrected chi connectivity index (χ1v) is 7.23. The molecule has 2 N–H and O–H groups in total. The SMILES string of the molecule is Cc1ccc2c(n1)NCC1(CCCCCC1)C(=O)N2. The number of hydrogen-bond acceptors (Lipinski definition) is 3. The average Bonchev–Trinajstić information content (AvgIpc) is 2.71. The molecular formula is C15H21N3O. The number of hydrogen-bond donors (Lipinski definition) is 2. The molecule has 1 spiro atoms. The molecule has 1 aromatic rings. The first-order valence-electron chi connectivity index (χ1n) is 7.23. The number of amides is 1. The van der Waals surface area contributed by atoms with Gasteiger partial charge < -0.3 is 10.6 Å². The Labute approximate surface area is 114 Å². The minimum absolute atomic E-state index is 0.173. The van der Waals surface area contributed by atoms with Crippen molar-refractivity contribution < 1.29 is 4.79 Å². The first kappa shape index (κ1) is 12.5. The molecule has 0 saturated heterocycles. The summed E-state index contributed by atoms with van der Waals surface area (Å²) in [7, 11) is 0. The summed E-state index contributed by atoms with van der Waals surface area (Å²) in [5, 5.41) is 6.46. The van der Waals surface area contributed by atoms with Crippen molar-refractivity contribution in [1.82, 2.24) is 4.98 Å². The highest BCUT2D eigenvalue weighted by Gasteiger charge is 2.40. The van der Waals surface area contributed by atoms with Crippen LogP contribution in [0.15, 0.2) is 12.1 Å². The van der Waals surface area contributed by atoms with E-state index < -0.39 is 0 Å². The number of carbonyl (C=O) groups is 1. The van der Waals surface area contributed by atoms with Crippen molar-refractivity contribution in [2.24, 2.45) is 5.41 Å². The van der Waals surface area contributed by atoms with Crippen molar-refractivity contribution in [2.45, 2.75) is 45.4 Å².